The van der Waals surface area contributed by atoms with Gasteiger partial charge in [-0.05, 0) is 66.0 Å². The van der Waals surface area contributed by atoms with E-state index in [9.17, 15) is 4.79 Å². The Morgan fingerprint density at radius 2 is 1.56 bits per heavy atom. The summed E-state index contributed by atoms with van der Waals surface area (Å²) in [4.78, 5) is 11.7. The zero-order valence-corrected chi connectivity index (χ0v) is 11.5. The Kier molecular flexibility index (Phi) is 6.71. The van der Waals surface area contributed by atoms with Crippen LogP contribution in [0.15, 0.2) is 34.4 Å². The molecule has 1 nitrogen and oxygen atoms in total. The van der Waals surface area contributed by atoms with Crippen LogP contribution in [-0.4, -0.2) is 5.78 Å². The molecule has 0 amide bonds. The van der Waals surface area contributed by atoms with E-state index < -0.39 is 0 Å². The molecular formula is C15H24O. The molecule has 1 heteroatoms. The van der Waals surface area contributed by atoms with Gasteiger partial charge in [-0.1, -0.05) is 22.8 Å². The first-order chi connectivity index (χ1) is 7.34. The Balaban J connectivity index is 4.39. The largest absolute Gasteiger partial charge is 0.290 e. The van der Waals surface area contributed by atoms with Crippen molar-refractivity contribution in [2.45, 2.75) is 54.4 Å². The Morgan fingerprint density at radius 3 is 2.00 bits per heavy atom. The Hall–Kier alpha value is -1.11. The minimum absolute atomic E-state index is 0.148. The molecule has 0 saturated carbocycles. The quantitative estimate of drug-likeness (QED) is 0.488. The van der Waals surface area contributed by atoms with Gasteiger partial charge in [-0.15, -0.1) is 0 Å². The first-order valence-corrected chi connectivity index (χ1v) is 5.83. The van der Waals surface area contributed by atoms with Gasteiger partial charge in [0.25, 0.3) is 0 Å². The fourth-order valence-electron chi connectivity index (χ4n) is 1.24. The summed E-state index contributed by atoms with van der Waals surface area (Å²) in [5.74, 6) is 0.148. The van der Waals surface area contributed by atoms with Gasteiger partial charge in [-0.25, -0.2) is 0 Å². The minimum atomic E-state index is 0.148. The number of carbonyl (C=O) groups excluding carboxylic acids is 1. The number of hydrogen-bond donors (Lipinski definition) is 0. The van der Waals surface area contributed by atoms with Crippen molar-refractivity contribution in [3.05, 3.63) is 34.4 Å². The molecule has 90 valence electrons. The second-order valence-electron chi connectivity index (χ2n) is 4.80. The van der Waals surface area contributed by atoms with Gasteiger partial charge >= 0.3 is 0 Å². The van der Waals surface area contributed by atoms with Crippen LogP contribution in [0.3, 0.4) is 0 Å². The maximum atomic E-state index is 11.7. The standard InChI is InChI=1S/C15H24O/c1-11(2)8-7-9-13(5)10-15(16)14(6)12(3)4/h8,10H,7,9H2,1-6H3. The van der Waals surface area contributed by atoms with Gasteiger partial charge in [-0.3, -0.25) is 4.79 Å². The van der Waals surface area contributed by atoms with Crippen molar-refractivity contribution in [3.8, 4) is 0 Å². The summed E-state index contributed by atoms with van der Waals surface area (Å²) < 4.78 is 0. The lowest BCUT2D eigenvalue weighted by Gasteiger charge is -2.01. The average molecular weight is 220 g/mol. The van der Waals surface area contributed by atoms with Crippen molar-refractivity contribution in [1.29, 1.82) is 0 Å². The van der Waals surface area contributed by atoms with Gasteiger partial charge in [0.05, 0.1) is 0 Å². The summed E-state index contributed by atoms with van der Waals surface area (Å²) in [6.45, 7) is 12.0. The van der Waals surface area contributed by atoms with Crippen molar-refractivity contribution >= 4 is 5.78 Å². The molecule has 0 saturated heterocycles. The van der Waals surface area contributed by atoms with Gasteiger partial charge in [0.1, 0.15) is 0 Å². The van der Waals surface area contributed by atoms with Crippen LogP contribution >= 0.6 is 0 Å². The maximum Gasteiger partial charge on any atom is 0.181 e. The summed E-state index contributed by atoms with van der Waals surface area (Å²) >= 11 is 0. The van der Waals surface area contributed by atoms with Crippen LogP contribution in [0.1, 0.15) is 54.4 Å². The van der Waals surface area contributed by atoms with E-state index in [0.717, 1.165) is 29.6 Å². The molecule has 0 rings (SSSR count). The third kappa shape index (κ3) is 6.39. The molecule has 0 fully saturated rings. The topological polar surface area (TPSA) is 17.1 Å². The van der Waals surface area contributed by atoms with Crippen molar-refractivity contribution in [2.24, 2.45) is 0 Å². The predicted octanol–water partition coefficient (Wildman–Crippen LogP) is 4.60. The van der Waals surface area contributed by atoms with Gasteiger partial charge in [0.2, 0.25) is 0 Å². The van der Waals surface area contributed by atoms with Crippen molar-refractivity contribution in [3.63, 3.8) is 0 Å². The Labute approximate surface area is 99.9 Å². The fraction of sp³-hybridized carbons (Fsp3) is 0.533. The molecule has 0 bridgehead atoms. The van der Waals surface area contributed by atoms with Gasteiger partial charge in [-0.2, -0.15) is 0 Å². The second kappa shape index (κ2) is 7.21. The highest BCUT2D eigenvalue weighted by molar-refractivity contribution is 6.04. The second-order valence-corrected chi connectivity index (χ2v) is 4.80. The van der Waals surface area contributed by atoms with Crippen LogP contribution < -0.4 is 0 Å². The highest BCUT2D eigenvalue weighted by Gasteiger charge is 2.02. The van der Waals surface area contributed by atoms with E-state index in [1.54, 1.807) is 6.08 Å². The van der Waals surface area contributed by atoms with Crippen molar-refractivity contribution in [1.82, 2.24) is 0 Å². The van der Waals surface area contributed by atoms with Crippen molar-refractivity contribution in [2.75, 3.05) is 0 Å². The molecule has 0 aliphatic rings. The number of allylic oxidation sites excluding steroid dienone is 6. The van der Waals surface area contributed by atoms with E-state index in [2.05, 4.69) is 19.9 Å². The molecule has 0 atom stereocenters. The van der Waals surface area contributed by atoms with Gasteiger partial charge in [0.15, 0.2) is 5.78 Å². The third-order valence-corrected chi connectivity index (χ3v) is 2.59. The highest BCUT2D eigenvalue weighted by Crippen LogP contribution is 2.10. The van der Waals surface area contributed by atoms with Gasteiger partial charge in [0, 0.05) is 0 Å². The monoisotopic (exact) mass is 220 g/mol. The molecule has 0 spiro atoms. The average Bonchev–Trinajstić information content (AvgIpc) is 2.15. The van der Waals surface area contributed by atoms with E-state index in [1.807, 2.05) is 27.7 Å². The molecule has 0 aromatic carbocycles. The Bertz CT molecular complexity index is 332. The molecule has 0 heterocycles. The lowest BCUT2D eigenvalue weighted by molar-refractivity contribution is -0.111. The van der Waals surface area contributed by atoms with Crippen LogP contribution in [0.2, 0.25) is 0 Å². The molecule has 0 unspecified atom stereocenters. The van der Waals surface area contributed by atoms with Crippen LogP contribution in [-0.2, 0) is 4.79 Å². The van der Waals surface area contributed by atoms with E-state index >= 15 is 0 Å². The van der Waals surface area contributed by atoms with Crippen LogP contribution in [0.4, 0.5) is 0 Å². The SMILES string of the molecule is CC(C)=CCCC(C)=CC(=O)C(C)=C(C)C. The van der Waals surface area contributed by atoms with E-state index in [-0.39, 0.29) is 5.78 Å². The predicted molar refractivity (Wildman–Crippen MR) is 71.5 cm³/mol. The highest BCUT2D eigenvalue weighted by atomic mass is 16.1. The fourth-order valence-corrected chi connectivity index (χ4v) is 1.24. The lowest BCUT2D eigenvalue weighted by atomic mass is 10.0. The normalized spacial score (nSPS) is 11.0. The number of carbonyl (C=O) groups is 1. The molecule has 0 aliphatic heterocycles. The third-order valence-electron chi connectivity index (χ3n) is 2.59. The van der Waals surface area contributed by atoms with Crippen LogP contribution in [0.25, 0.3) is 0 Å². The van der Waals surface area contributed by atoms with Crippen LogP contribution in [0, 0.1) is 0 Å². The zero-order chi connectivity index (χ0) is 12.7. The minimum Gasteiger partial charge on any atom is -0.290 e. The van der Waals surface area contributed by atoms with E-state index in [4.69, 9.17) is 0 Å². The number of ketones is 1. The Morgan fingerprint density at radius 1 is 1.00 bits per heavy atom. The molecule has 0 aromatic rings. The zero-order valence-electron chi connectivity index (χ0n) is 11.5. The molecule has 16 heavy (non-hydrogen) atoms. The van der Waals surface area contributed by atoms with Gasteiger partial charge < -0.3 is 0 Å². The summed E-state index contributed by atoms with van der Waals surface area (Å²) in [6, 6.07) is 0. The van der Waals surface area contributed by atoms with E-state index in [1.165, 1.54) is 5.57 Å². The summed E-state index contributed by atoms with van der Waals surface area (Å²) in [5, 5.41) is 0. The van der Waals surface area contributed by atoms with E-state index in [0.29, 0.717) is 0 Å². The lowest BCUT2D eigenvalue weighted by Crippen LogP contribution is -1.98. The molecule has 0 N–H and O–H groups in total. The smallest absolute Gasteiger partial charge is 0.181 e. The maximum absolute atomic E-state index is 11.7. The molecule has 0 radical (unpaired) electrons. The molecule has 0 aliphatic carbocycles. The number of rotatable bonds is 5. The summed E-state index contributed by atoms with van der Waals surface area (Å²) in [5.41, 5.74) is 4.45. The first kappa shape index (κ1) is 14.9. The molecule has 0 aromatic heterocycles. The van der Waals surface area contributed by atoms with Crippen molar-refractivity contribution < 1.29 is 4.79 Å². The molecular weight excluding hydrogens is 196 g/mol. The number of hydrogen-bond acceptors (Lipinski definition) is 1. The first-order valence-electron chi connectivity index (χ1n) is 5.83. The summed E-state index contributed by atoms with van der Waals surface area (Å²) in [6.07, 6.45) is 5.95. The van der Waals surface area contributed by atoms with Crippen LogP contribution in [0.5, 0.6) is 0 Å². The summed E-state index contributed by atoms with van der Waals surface area (Å²) in [7, 11) is 0.